The van der Waals surface area contributed by atoms with E-state index in [1.54, 1.807) is 0 Å². The van der Waals surface area contributed by atoms with Crippen LogP contribution in [-0.4, -0.2) is 27.5 Å². The Morgan fingerprint density at radius 1 is 1.19 bits per heavy atom. The SMILES string of the molecule is CN(Cc1ccccc1)c1nc2ncn(CC(=O)N[C@H]3CCc4ccccc43)c(=O)c2s1. The summed E-state index contributed by atoms with van der Waals surface area (Å²) in [5.74, 6) is -0.194. The van der Waals surface area contributed by atoms with Crippen molar-refractivity contribution in [2.24, 2.45) is 0 Å². The lowest BCUT2D eigenvalue weighted by Crippen LogP contribution is -2.34. The number of thiazole rings is 1. The van der Waals surface area contributed by atoms with E-state index in [0.717, 1.165) is 29.1 Å². The summed E-state index contributed by atoms with van der Waals surface area (Å²) in [7, 11) is 1.94. The van der Waals surface area contributed by atoms with Crippen molar-refractivity contribution in [3.05, 3.63) is 88.0 Å². The van der Waals surface area contributed by atoms with E-state index in [1.807, 2.05) is 42.3 Å². The molecule has 32 heavy (non-hydrogen) atoms. The van der Waals surface area contributed by atoms with E-state index in [9.17, 15) is 9.59 Å². The van der Waals surface area contributed by atoms with Crippen LogP contribution in [0.25, 0.3) is 10.3 Å². The molecule has 2 aromatic carbocycles. The number of carbonyl (C=O) groups excluding carboxylic acids is 1. The molecule has 0 aliphatic heterocycles. The summed E-state index contributed by atoms with van der Waals surface area (Å²) in [5, 5.41) is 3.78. The molecule has 0 spiro atoms. The molecule has 5 rings (SSSR count). The van der Waals surface area contributed by atoms with Crippen LogP contribution in [0.1, 0.15) is 29.2 Å². The number of amides is 1. The minimum Gasteiger partial charge on any atom is -0.348 e. The van der Waals surface area contributed by atoms with Crippen molar-refractivity contribution in [2.75, 3.05) is 11.9 Å². The molecule has 4 aromatic rings. The largest absolute Gasteiger partial charge is 0.348 e. The average molecular weight is 446 g/mol. The lowest BCUT2D eigenvalue weighted by atomic mass is 10.1. The van der Waals surface area contributed by atoms with Gasteiger partial charge in [0.05, 0.1) is 6.04 Å². The van der Waals surface area contributed by atoms with Crippen LogP contribution in [0.2, 0.25) is 0 Å². The predicted octanol–water partition coefficient (Wildman–Crippen LogP) is 3.29. The molecule has 1 atom stereocenters. The van der Waals surface area contributed by atoms with E-state index in [2.05, 4.69) is 39.6 Å². The highest BCUT2D eigenvalue weighted by molar-refractivity contribution is 7.22. The monoisotopic (exact) mass is 445 g/mol. The maximum Gasteiger partial charge on any atom is 0.273 e. The molecular formula is C24H23N5O2S. The maximum atomic E-state index is 13.0. The van der Waals surface area contributed by atoms with Crippen LogP contribution in [0.15, 0.2) is 65.7 Å². The summed E-state index contributed by atoms with van der Waals surface area (Å²) in [6.07, 6.45) is 3.24. The molecule has 8 heteroatoms. The zero-order chi connectivity index (χ0) is 22.1. The zero-order valence-electron chi connectivity index (χ0n) is 17.7. The number of benzene rings is 2. The van der Waals surface area contributed by atoms with Crippen LogP contribution in [0.5, 0.6) is 0 Å². The first-order valence-electron chi connectivity index (χ1n) is 10.6. The van der Waals surface area contributed by atoms with Crippen LogP contribution in [-0.2, 0) is 24.3 Å². The smallest absolute Gasteiger partial charge is 0.273 e. The fraction of sp³-hybridized carbons (Fsp3) is 0.250. The highest BCUT2D eigenvalue weighted by Crippen LogP contribution is 2.30. The van der Waals surface area contributed by atoms with Crippen molar-refractivity contribution in [1.82, 2.24) is 19.9 Å². The molecule has 2 heterocycles. The molecule has 1 aliphatic carbocycles. The van der Waals surface area contributed by atoms with E-state index in [0.29, 0.717) is 16.9 Å². The quantitative estimate of drug-likeness (QED) is 0.493. The number of rotatable bonds is 6. The molecule has 7 nitrogen and oxygen atoms in total. The Labute approximate surface area is 189 Å². The standard InChI is InChI=1S/C24H23N5O2S/c1-28(13-16-7-3-2-4-8-16)24-27-22-21(32-24)23(31)29(15-25-22)14-20(30)26-19-12-11-17-9-5-6-10-18(17)19/h2-10,15,19H,11-14H2,1H3,(H,26,30)/t19-/m0/s1. The third kappa shape index (κ3) is 4.01. The van der Waals surface area contributed by atoms with Crippen LogP contribution >= 0.6 is 11.3 Å². The van der Waals surface area contributed by atoms with Crippen molar-refractivity contribution in [3.63, 3.8) is 0 Å². The van der Waals surface area contributed by atoms with Gasteiger partial charge in [-0.2, -0.15) is 4.98 Å². The summed E-state index contributed by atoms with van der Waals surface area (Å²) in [6, 6.07) is 18.2. The summed E-state index contributed by atoms with van der Waals surface area (Å²) in [6.45, 7) is 0.619. The van der Waals surface area contributed by atoms with Gasteiger partial charge in [0.25, 0.3) is 5.56 Å². The van der Waals surface area contributed by atoms with Crippen LogP contribution < -0.4 is 15.8 Å². The first kappa shape index (κ1) is 20.4. The lowest BCUT2D eigenvalue weighted by Gasteiger charge is -2.15. The Hall–Kier alpha value is -3.52. The second kappa shape index (κ2) is 8.55. The second-order valence-corrected chi connectivity index (χ2v) is 9.00. The Morgan fingerprint density at radius 3 is 2.81 bits per heavy atom. The minimum absolute atomic E-state index is 0.00673. The Bertz CT molecular complexity index is 1330. The number of aromatic nitrogens is 3. The number of hydrogen-bond acceptors (Lipinski definition) is 6. The van der Waals surface area contributed by atoms with Gasteiger partial charge in [0.1, 0.15) is 17.6 Å². The van der Waals surface area contributed by atoms with E-state index < -0.39 is 0 Å². The van der Waals surface area contributed by atoms with Crippen LogP contribution in [0.3, 0.4) is 0 Å². The van der Waals surface area contributed by atoms with Crippen molar-refractivity contribution in [1.29, 1.82) is 0 Å². The number of hydrogen-bond donors (Lipinski definition) is 1. The molecule has 0 fully saturated rings. The maximum absolute atomic E-state index is 13.0. The molecule has 2 aromatic heterocycles. The summed E-state index contributed by atoms with van der Waals surface area (Å²) < 4.78 is 1.82. The Morgan fingerprint density at radius 2 is 1.97 bits per heavy atom. The lowest BCUT2D eigenvalue weighted by molar-refractivity contribution is -0.122. The fourth-order valence-corrected chi connectivity index (χ4v) is 5.07. The van der Waals surface area contributed by atoms with Crippen LogP contribution in [0, 0.1) is 0 Å². The van der Waals surface area contributed by atoms with E-state index in [4.69, 9.17) is 0 Å². The van der Waals surface area contributed by atoms with Crippen LogP contribution in [0.4, 0.5) is 5.13 Å². The average Bonchev–Trinajstić information content (AvgIpc) is 3.42. The summed E-state index contributed by atoms with van der Waals surface area (Å²) in [5.41, 5.74) is 3.76. The van der Waals surface area contributed by atoms with Gasteiger partial charge in [-0.1, -0.05) is 65.9 Å². The first-order valence-corrected chi connectivity index (χ1v) is 11.4. The molecule has 0 saturated carbocycles. The molecular weight excluding hydrogens is 422 g/mol. The normalized spacial score (nSPS) is 15.0. The van der Waals surface area contributed by atoms with Gasteiger partial charge in [-0.25, -0.2) is 4.98 Å². The first-order chi connectivity index (χ1) is 15.6. The summed E-state index contributed by atoms with van der Waals surface area (Å²) in [4.78, 5) is 36.5. The number of carbonyl (C=O) groups is 1. The van der Waals surface area contributed by atoms with Crippen molar-refractivity contribution < 1.29 is 4.79 Å². The van der Waals surface area contributed by atoms with Gasteiger partial charge in [-0.05, 0) is 29.5 Å². The molecule has 0 radical (unpaired) electrons. The third-order valence-electron chi connectivity index (χ3n) is 5.74. The van der Waals surface area contributed by atoms with E-state index >= 15 is 0 Å². The number of anilines is 1. The molecule has 162 valence electrons. The Kier molecular flexibility index (Phi) is 5.45. The number of nitrogens with one attached hydrogen (secondary N) is 1. The van der Waals surface area contributed by atoms with Crippen molar-refractivity contribution >= 4 is 32.7 Å². The summed E-state index contributed by atoms with van der Waals surface area (Å²) >= 11 is 1.30. The number of aryl methyl sites for hydroxylation is 1. The van der Waals surface area contributed by atoms with Crippen molar-refractivity contribution in [3.8, 4) is 0 Å². The van der Waals surface area contributed by atoms with E-state index in [1.165, 1.54) is 27.8 Å². The minimum atomic E-state index is -0.242. The molecule has 1 N–H and O–H groups in total. The highest BCUT2D eigenvalue weighted by Gasteiger charge is 2.23. The molecule has 1 aliphatic rings. The second-order valence-electron chi connectivity index (χ2n) is 8.03. The molecule has 0 unspecified atom stereocenters. The fourth-order valence-electron chi connectivity index (χ4n) is 4.14. The van der Waals surface area contributed by atoms with Gasteiger partial charge in [0, 0.05) is 13.6 Å². The van der Waals surface area contributed by atoms with Gasteiger partial charge in [-0.15, -0.1) is 0 Å². The van der Waals surface area contributed by atoms with Gasteiger partial charge < -0.3 is 10.2 Å². The van der Waals surface area contributed by atoms with Gasteiger partial charge in [-0.3, -0.25) is 14.2 Å². The Balaban J connectivity index is 1.31. The van der Waals surface area contributed by atoms with Gasteiger partial charge in [0.2, 0.25) is 5.91 Å². The molecule has 1 amide bonds. The third-order valence-corrected chi connectivity index (χ3v) is 6.89. The topological polar surface area (TPSA) is 80.1 Å². The molecule has 0 saturated heterocycles. The zero-order valence-corrected chi connectivity index (χ0v) is 18.5. The van der Waals surface area contributed by atoms with E-state index in [-0.39, 0.29) is 24.1 Å². The van der Waals surface area contributed by atoms with Crippen molar-refractivity contribution in [2.45, 2.75) is 32.0 Å². The predicted molar refractivity (Wildman–Crippen MR) is 126 cm³/mol. The number of nitrogens with zero attached hydrogens (tertiary/aromatic N) is 4. The van der Waals surface area contributed by atoms with Gasteiger partial charge in [0.15, 0.2) is 10.8 Å². The van der Waals surface area contributed by atoms with Gasteiger partial charge >= 0.3 is 0 Å². The molecule has 0 bridgehead atoms. The number of fused-ring (bicyclic) bond motifs is 2. The highest BCUT2D eigenvalue weighted by atomic mass is 32.1.